The van der Waals surface area contributed by atoms with Gasteiger partial charge < -0.3 is 19.5 Å². The minimum absolute atomic E-state index is 0.122. The average Bonchev–Trinajstić information content (AvgIpc) is 2.79. The molecule has 0 bridgehead atoms. The van der Waals surface area contributed by atoms with E-state index in [4.69, 9.17) is 14.2 Å². The van der Waals surface area contributed by atoms with E-state index in [0.717, 1.165) is 22.6 Å². The lowest BCUT2D eigenvalue weighted by molar-refractivity contribution is 0.277. The van der Waals surface area contributed by atoms with Gasteiger partial charge in [-0.25, -0.2) is 4.39 Å². The molecule has 0 amide bonds. The number of allylic oxidation sites excluding steroid dienone is 1. The highest BCUT2D eigenvalue weighted by Crippen LogP contribution is 2.34. The molecule has 0 radical (unpaired) electrons. The van der Waals surface area contributed by atoms with Crippen molar-refractivity contribution in [2.24, 2.45) is 0 Å². The summed E-state index contributed by atoms with van der Waals surface area (Å²) in [6.45, 7) is 7.19. The number of nitrogens with one attached hydrogen (secondary N) is 1. The molecular weight excluding hydrogens is 393 g/mol. The lowest BCUT2D eigenvalue weighted by Gasteiger charge is -2.17. The van der Waals surface area contributed by atoms with Gasteiger partial charge in [-0.15, -0.1) is 6.58 Å². The predicted octanol–water partition coefficient (Wildman–Crippen LogP) is 6.15. The smallest absolute Gasteiger partial charge is 0.165 e. The van der Waals surface area contributed by atoms with Crippen molar-refractivity contribution >= 4 is 5.69 Å². The number of benzene rings is 3. The Bertz CT molecular complexity index is 1000. The molecule has 0 saturated heterocycles. The summed E-state index contributed by atoms with van der Waals surface area (Å²) in [5, 5.41) is 3.41. The van der Waals surface area contributed by atoms with Crippen molar-refractivity contribution in [2.45, 2.75) is 26.5 Å². The van der Waals surface area contributed by atoms with Gasteiger partial charge in [0.15, 0.2) is 11.5 Å². The Labute approximate surface area is 183 Å². The van der Waals surface area contributed by atoms with E-state index < -0.39 is 0 Å². The second-order valence-corrected chi connectivity index (χ2v) is 6.97. The van der Waals surface area contributed by atoms with Crippen molar-refractivity contribution in [3.63, 3.8) is 0 Å². The highest BCUT2D eigenvalue weighted by molar-refractivity contribution is 5.52. The van der Waals surface area contributed by atoms with Crippen molar-refractivity contribution < 1.29 is 18.6 Å². The van der Waals surface area contributed by atoms with Gasteiger partial charge in [0, 0.05) is 23.4 Å². The Morgan fingerprint density at radius 2 is 1.77 bits per heavy atom. The Morgan fingerprint density at radius 1 is 1.00 bits per heavy atom. The zero-order valence-corrected chi connectivity index (χ0v) is 18.0. The molecule has 0 aliphatic carbocycles. The van der Waals surface area contributed by atoms with E-state index in [1.165, 1.54) is 6.07 Å². The van der Waals surface area contributed by atoms with Crippen molar-refractivity contribution in [2.75, 3.05) is 19.0 Å². The van der Waals surface area contributed by atoms with E-state index in [1.54, 1.807) is 25.3 Å². The first kappa shape index (κ1) is 22.2. The van der Waals surface area contributed by atoms with Crippen LogP contribution in [-0.2, 0) is 19.6 Å². The van der Waals surface area contributed by atoms with E-state index in [0.29, 0.717) is 36.6 Å². The molecule has 0 spiro atoms. The van der Waals surface area contributed by atoms with Crippen LogP contribution in [0.5, 0.6) is 17.2 Å². The van der Waals surface area contributed by atoms with Gasteiger partial charge in [0.05, 0.1) is 13.7 Å². The van der Waals surface area contributed by atoms with Crippen LogP contribution >= 0.6 is 0 Å². The second-order valence-electron chi connectivity index (χ2n) is 6.97. The Morgan fingerprint density at radius 3 is 2.45 bits per heavy atom. The molecule has 5 heteroatoms. The molecule has 31 heavy (non-hydrogen) atoms. The standard InChI is InChI=1S/C26H28FNO3/c1-4-8-20-15-19(17-28-22-11-13-23(14-12-22)30-5-2)16-25(29-3)26(20)31-18-21-9-6-7-10-24(21)27/h4,6-7,9-16,28H,1,5,8,17-18H2,2-3H3. The molecule has 0 aromatic heterocycles. The maximum atomic E-state index is 14.0. The molecule has 0 aliphatic heterocycles. The first-order valence-electron chi connectivity index (χ1n) is 10.3. The first-order valence-corrected chi connectivity index (χ1v) is 10.3. The highest BCUT2D eigenvalue weighted by Gasteiger charge is 2.14. The fourth-order valence-electron chi connectivity index (χ4n) is 3.25. The third-order valence-corrected chi connectivity index (χ3v) is 4.77. The normalized spacial score (nSPS) is 10.4. The molecule has 0 heterocycles. The van der Waals surface area contributed by atoms with Crippen molar-refractivity contribution in [3.05, 3.63) is 95.8 Å². The van der Waals surface area contributed by atoms with Gasteiger partial charge in [-0.05, 0) is 61.4 Å². The molecule has 3 aromatic carbocycles. The number of hydrogen-bond acceptors (Lipinski definition) is 4. The van der Waals surface area contributed by atoms with Crippen molar-refractivity contribution in [1.82, 2.24) is 0 Å². The van der Waals surface area contributed by atoms with E-state index in [1.807, 2.05) is 43.3 Å². The van der Waals surface area contributed by atoms with Crippen LogP contribution in [0, 0.1) is 5.82 Å². The van der Waals surface area contributed by atoms with Crippen LogP contribution in [0.25, 0.3) is 0 Å². The number of methoxy groups -OCH3 is 1. The summed E-state index contributed by atoms with van der Waals surface area (Å²) in [6.07, 6.45) is 2.42. The van der Waals surface area contributed by atoms with E-state index in [9.17, 15) is 4.39 Å². The third kappa shape index (κ3) is 6.01. The molecule has 0 atom stereocenters. The van der Waals surface area contributed by atoms with Crippen molar-refractivity contribution in [1.29, 1.82) is 0 Å². The Balaban J connectivity index is 1.76. The fraction of sp³-hybridized carbons (Fsp3) is 0.231. The molecule has 3 rings (SSSR count). The van der Waals surface area contributed by atoms with E-state index >= 15 is 0 Å². The predicted molar refractivity (Wildman–Crippen MR) is 123 cm³/mol. The summed E-state index contributed by atoms with van der Waals surface area (Å²) < 4.78 is 31.0. The topological polar surface area (TPSA) is 39.7 Å². The molecule has 0 saturated carbocycles. The maximum absolute atomic E-state index is 14.0. The summed E-state index contributed by atoms with van der Waals surface area (Å²) in [6, 6.07) is 18.4. The second kappa shape index (κ2) is 11.1. The minimum Gasteiger partial charge on any atom is -0.494 e. The Hall–Kier alpha value is -3.47. The molecule has 162 valence electrons. The number of rotatable bonds is 11. The number of hydrogen-bond donors (Lipinski definition) is 1. The molecule has 0 unspecified atom stereocenters. The van der Waals surface area contributed by atoms with Crippen LogP contribution in [-0.4, -0.2) is 13.7 Å². The SMILES string of the molecule is C=CCc1cc(CNc2ccc(OCC)cc2)cc(OC)c1OCc1ccccc1F. The summed E-state index contributed by atoms with van der Waals surface area (Å²) in [4.78, 5) is 0. The van der Waals surface area contributed by atoms with Crippen LogP contribution < -0.4 is 19.5 Å². The quantitative estimate of drug-likeness (QED) is 0.377. The average molecular weight is 422 g/mol. The molecule has 4 nitrogen and oxygen atoms in total. The van der Waals surface area contributed by atoms with Crippen LogP contribution in [0.2, 0.25) is 0 Å². The fourth-order valence-corrected chi connectivity index (χ4v) is 3.25. The minimum atomic E-state index is -0.289. The monoisotopic (exact) mass is 421 g/mol. The number of ether oxygens (including phenoxy) is 3. The molecule has 1 N–H and O–H groups in total. The molecular formula is C26H28FNO3. The molecule has 0 fully saturated rings. The highest BCUT2D eigenvalue weighted by atomic mass is 19.1. The first-order chi connectivity index (χ1) is 15.1. The third-order valence-electron chi connectivity index (χ3n) is 4.77. The van der Waals surface area contributed by atoms with Crippen molar-refractivity contribution in [3.8, 4) is 17.2 Å². The Kier molecular flexibility index (Phi) is 7.93. The summed E-state index contributed by atoms with van der Waals surface area (Å²) in [7, 11) is 1.60. The van der Waals surface area contributed by atoms with Gasteiger partial charge >= 0.3 is 0 Å². The van der Waals surface area contributed by atoms with Gasteiger partial charge in [-0.3, -0.25) is 0 Å². The van der Waals surface area contributed by atoms with E-state index in [2.05, 4.69) is 18.0 Å². The van der Waals surface area contributed by atoms with E-state index in [-0.39, 0.29) is 12.4 Å². The molecule has 3 aromatic rings. The maximum Gasteiger partial charge on any atom is 0.165 e. The van der Waals surface area contributed by atoms with Gasteiger partial charge in [0.25, 0.3) is 0 Å². The lowest BCUT2D eigenvalue weighted by Crippen LogP contribution is -2.05. The summed E-state index contributed by atoms with van der Waals surface area (Å²) in [5.74, 6) is 1.77. The van der Waals surface area contributed by atoms with Crippen LogP contribution in [0.15, 0.2) is 73.3 Å². The largest absolute Gasteiger partial charge is 0.494 e. The number of anilines is 1. The zero-order valence-electron chi connectivity index (χ0n) is 18.0. The van der Waals surface area contributed by atoms with Gasteiger partial charge in [-0.2, -0.15) is 0 Å². The molecule has 0 aliphatic rings. The summed E-state index contributed by atoms with van der Waals surface area (Å²) in [5.41, 5.74) is 3.47. The summed E-state index contributed by atoms with van der Waals surface area (Å²) >= 11 is 0. The van der Waals surface area contributed by atoms with Crippen LogP contribution in [0.1, 0.15) is 23.6 Å². The lowest BCUT2D eigenvalue weighted by atomic mass is 10.1. The van der Waals surface area contributed by atoms with Gasteiger partial charge in [-0.1, -0.05) is 24.3 Å². The zero-order chi connectivity index (χ0) is 22.1. The number of halogens is 1. The van der Waals surface area contributed by atoms with Gasteiger partial charge in [0.2, 0.25) is 0 Å². The van der Waals surface area contributed by atoms with Crippen LogP contribution in [0.3, 0.4) is 0 Å². The van der Waals surface area contributed by atoms with Gasteiger partial charge in [0.1, 0.15) is 18.2 Å². The van der Waals surface area contributed by atoms with Crippen LogP contribution in [0.4, 0.5) is 10.1 Å².